The smallest absolute Gasteiger partial charge is 0.198 e. The second-order valence-electron chi connectivity index (χ2n) is 4.18. The molecule has 0 saturated carbocycles. The Labute approximate surface area is 118 Å². The molecular weight excluding hydrogens is 254 g/mol. The van der Waals surface area contributed by atoms with Crippen LogP contribution in [-0.2, 0) is 0 Å². The molecule has 20 heavy (non-hydrogen) atoms. The summed E-state index contributed by atoms with van der Waals surface area (Å²) in [6, 6.07) is 12.3. The van der Waals surface area contributed by atoms with Crippen LogP contribution in [-0.4, -0.2) is 19.5 Å². The topological polar surface area (TPSA) is 61.5 Å². The highest BCUT2D eigenvalue weighted by molar-refractivity contribution is 6.14. The zero-order chi connectivity index (χ0) is 14.5. The average molecular weight is 271 g/mol. The average Bonchev–Trinajstić information content (AvgIpc) is 2.48. The number of carbonyl (C=O) groups excluding carboxylic acids is 1. The molecule has 4 nitrogen and oxygen atoms in total. The largest absolute Gasteiger partial charge is 0.495 e. The van der Waals surface area contributed by atoms with Gasteiger partial charge in [0.2, 0.25) is 0 Å². The zero-order valence-corrected chi connectivity index (χ0v) is 11.6. The second-order valence-corrected chi connectivity index (χ2v) is 4.18. The van der Waals surface area contributed by atoms with Crippen molar-refractivity contribution in [2.45, 2.75) is 6.92 Å². The molecule has 0 atom stereocenters. The first-order chi connectivity index (χ1) is 9.69. The van der Waals surface area contributed by atoms with E-state index in [0.717, 1.165) is 0 Å². The first-order valence-electron chi connectivity index (χ1n) is 6.38. The van der Waals surface area contributed by atoms with Crippen LogP contribution in [0, 0.1) is 0 Å². The third-order valence-corrected chi connectivity index (χ3v) is 2.96. The molecule has 0 saturated heterocycles. The predicted molar refractivity (Wildman–Crippen MR) is 78.4 cm³/mol. The maximum atomic E-state index is 12.6. The van der Waals surface area contributed by atoms with Gasteiger partial charge in [-0.15, -0.1) is 0 Å². The quantitative estimate of drug-likeness (QED) is 0.671. The van der Waals surface area contributed by atoms with E-state index in [1.165, 1.54) is 7.11 Å². The minimum Gasteiger partial charge on any atom is -0.495 e. The van der Waals surface area contributed by atoms with Crippen LogP contribution in [0.5, 0.6) is 11.5 Å². The highest BCUT2D eigenvalue weighted by Gasteiger charge is 2.18. The highest BCUT2D eigenvalue weighted by atomic mass is 16.5. The van der Waals surface area contributed by atoms with Crippen molar-refractivity contribution in [1.29, 1.82) is 0 Å². The van der Waals surface area contributed by atoms with Crippen LogP contribution in [0.3, 0.4) is 0 Å². The number of ether oxygens (including phenoxy) is 2. The molecule has 4 heteroatoms. The lowest BCUT2D eigenvalue weighted by Crippen LogP contribution is -2.08. The van der Waals surface area contributed by atoms with E-state index in [0.29, 0.717) is 34.9 Å². The van der Waals surface area contributed by atoms with Gasteiger partial charge in [0.15, 0.2) is 5.78 Å². The SMILES string of the molecule is CCOc1ccccc1C(=O)c1cccc(OC)c1N. The van der Waals surface area contributed by atoms with E-state index in [1.807, 2.05) is 13.0 Å². The lowest BCUT2D eigenvalue weighted by Gasteiger charge is -2.12. The molecule has 0 radical (unpaired) electrons. The third kappa shape index (κ3) is 2.59. The van der Waals surface area contributed by atoms with Crippen molar-refractivity contribution < 1.29 is 14.3 Å². The zero-order valence-electron chi connectivity index (χ0n) is 11.6. The predicted octanol–water partition coefficient (Wildman–Crippen LogP) is 2.91. The van der Waals surface area contributed by atoms with Gasteiger partial charge in [0.05, 0.1) is 25.0 Å². The van der Waals surface area contributed by atoms with Crippen LogP contribution < -0.4 is 15.2 Å². The fraction of sp³-hybridized carbons (Fsp3) is 0.188. The summed E-state index contributed by atoms with van der Waals surface area (Å²) in [5, 5.41) is 0. The van der Waals surface area contributed by atoms with E-state index in [-0.39, 0.29) is 5.78 Å². The Morgan fingerprint density at radius 3 is 2.40 bits per heavy atom. The van der Waals surface area contributed by atoms with Crippen LogP contribution >= 0.6 is 0 Å². The molecule has 0 bridgehead atoms. The number of methoxy groups -OCH3 is 1. The molecule has 0 heterocycles. The van der Waals surface area contributed by atoms with Crippen LogP contribution in [0.2, 0.25) is 0 Å². The summed E-state index contributed by atoms with van der Waals surface area (Å²) < 4.78 is 10.6. The number of hydrogen-bond donors (Lipinski definition) is 1. The molecule has 0 amide bonds. The summed E-state index contributed by atoms with van der Waals surface area (Å²) in [7, 11) is 1.52. The number of para-hydroxylation sites is 2. The van der Waals surface area contributed by atoms with E-state index in [2.05, 4.69) is 0 Å². The lowest BCUT2D eigenvalue weighted by molar-refractivity contribution is 0.103. The normalized spacial score (nSPS) is 10.1. The van der Waals surface area contributed by atoms with Crippen molar-refractivity contribution in [2.24, 2.45) is 0 Å². The molecule has 104 valence electrons. The fourth-order valence-corrected chi connectivity index (χ4v) is 2.00. The van der Waals surface area contributed by atoms with E-state index in [1.54, 1.807) is 36.4 Å². The van der Waals surface area contributed by atoms with E-state index in [9.17, 15) is 4.79 Å². The molecule has 0 fully saturated rings. The summed E-state index contributed by atoms with van der Waals surface area (Å²) in [4.78, 5) is 12.6. The molecule has 0 aliphatic rings. The molecule has 2 aromatic carbocycles. The van der Waals surface area contributed by atoms with Gasteiger partial charge in [-0.3, -0.25) is 4.79 Å². The summed E-state index contributed by atoms with van der Waals surface area (Å²) in [6.07, 6.45) is 0. The first kappa shape index (κ1) is 13.9. The van der Waals surface area contributed by atoms with Gasteiger partial charge in [-0.25, -0.2) is 0 Å². The summed E-state index contributed by atoms with van der Waals surface area (Å²) in [6.45, 7) is 2.37. The number of ketones is 1. The van der Waals surface area contributed by atoms with Crippen LogP contribution in [0.1, 0.15) is 22.8 Å². The van der Waals surface area contributed by atoms with E-state index >= 15 is 0 Å². The van der Waals surface area contributed by atoms with Crippen molar-refractivity contribution in [3.05, 3.63) is 53.6 Å². The summed E-state index contributed by atoms with van der Waals surface area (Å²) >= 11 is 0. The molecule has 2 N–H and O–H groups in total. The van der Waals surface area contributed by atoms with Crippen LogP contribution in [0.25, 0.3) is 0 Å². The molecular formula is C16H17NO3. The van der Waals surface area contributed by atoms with Gasteiger partial charge in [0.1, 0.15) is 11.5 Å². The molecule has 0 spiro atoms. The maximum absolute atomic E-state index is 12.6. The van der Waals surface area contributed by atoms with Gasteiger partial charge < -0.3 is 15.2 Å². The molecule has 2 aromatic rings. The minimum atomic E-state index is -0.176. The molecule has 2 rings (SSSR count). The van der Waals surface area contributed by atoms with E-state index < -0.39 is 0 Å². The number of nitrogens with two attached hydrogens (primary N) is 1. The number of hydrogen-bond acceptors (Lipinski definition) is 4. The van der Waals surface area contributed by atoms with Crippen molar-refractivity contribution in [1.82, 2.24) is 0 Å². The Kier molecular flexibility index (Phi) is 4.25. The standard InChI is InChI=1S/C16H17NO3/c1-3-20-13-9-5-4-7-11(13)16(18)12-8-6-10-14(19-2)15(12)17/h4-10H,3,17H2,1-2H3. The lowest BCUT2D eigenvalue weighted by atomic mass is 10.0. The van der Waals surface area contributed by atoms with Gasteiger partial charge in [0, 0.05) is 5.56 Å². The number of anilines is 1. The van der Waals surface area contributed by atoms with Crippen molar-refractivity contribution in [2.75, 3.05) is 19.5 Å². The Hall–Kier alpha value is -2.49. The molecule has 0 unspecified atom stereocenters. The van der Waals surface area contributed by atoms with Gasteiger partial charge >= 0.3 is 0 Å². The Bertz CT molecular complexity index is 623. The Morgan fingerprint density at radius 1 is 1.05 bits per heavy atom. The molecule has 0 aromatic heterocycles. The number of benzene rings is 2. The third-order valence-electron chi connectivity index (χ3n) is 2.96. The number of nitrogen functional groups attached to an aromatic ring is 1. The van der Waals surface area contributed by atoms with Crippen molar-refractivity contribution in [3.8, 4) is 11.5 Å². The molecule has 0 aliphatic heterocycles. The van der Waals surface area contributed by atoms with Gasteiger partial charge in [-0.05, 0) is 31.2 Å². The van der Waals surface area contributed by atoms with Gasteiger partial charge in [0.25, 0.3) is 0 Å². The van der Waals surface area contributed by atoms with Crippen LogP contribution in [0.15, 0.2) is 42.5 Å². The first-order valence-corrected chi connectivity index (χ1v) is 6.38. The Balaban J connectivity index is 2.47. The van der Waals surface area contributed by atoms with Crippen molar-refractivity contribution >= 4 is 11.5 Å². The van der Waals surface area contributed by atoms with Crippen molar-refractivity contribution in [3.63, 3.8) is 0 Å². The Morgan fingerprint density at radius 2 is 1.70 bits per heavy atom. The van der Waals surface area contributed by atoms with Gasteiger partial charge in [-0.1, -0.05) is 18.2 Å². The molecule has 0 aliphatic carbocycles. The van der Waals surface area contributed by atoms with E-state index in [4.69, 9.17) is 15.2 Å². The van der Waals surface area contributed by atoms with Crippen LogP contribution in [0.4, 0.5) is 5.69 Å². The minimum absolute atomic E-state index is 0.176. The maximum Gasteiger partial charge on any atom is 0.198 e. The van der Waals surface area contributed by atoms with Gasteiger partial charge in [-0.2, -0.15) is 0 Å². The monoisotopic (exact) mass is 271 g/mol. The summed E-state index contributed by atoms with van der Waals surface area (Å²) in [5.74, 6) is 0.873. The summed E-state index contributed by atoms with van der Waals surface area (Å²) in [5.41, 5.74) is 7.22. The highest BCUT2D eigenvalue weighted by Crippen LogP contribution is 2.29. The fourth-order valence-electron chi connectivity index (χ4n) is 2.00. The number of carbonyl (C=O) groups is 1. The second kappa shape index (κ2) is 6.10. The number of rotatable bonds is 5.